The second kappa shape index (κ2) is 3.79. The maximum atomic E-state index is 11.3. The molecular weight excluding hydrogens is 188 g/mol. The number of carbonyl (C=O) groups is 2. The summed E-state index contributed by atoms with van der Waals surface area (Å²) >= 11 is 0. The van der Waals surface area contributed by atoms with E-state index in [1.807, 2.05) is 0 Å². The molecule has 2 atom stereocenters. The molecule has 0 aromatic rings. The summed E-state index contributed by atoms with van der Waals surface area (Å²) in [6.07, 6.45) is 1.53. The van der Waals surface area contributed by atoms with Crippen molar-refractivity contribution in [3.05, 3.63) is 12.2 Å². The van der Waals surface area contributed by atoms with Crippen molar-refractivity contribution >= 4 is 11.9 Å². The van der Waals surface area contributed by atoms with Crippen molar-refractivity contribution in [3.63, 3.8) is 0 Å². The third kappa shape index (κ3) is 1.93. The van der Waals surface area contributed by atoms with Gasteiger partial charge in [0.2, 0.25) is 0 Å². The minimum atomic E-state index is -1.82. The van der Waals surface area contributed by atoms with Gasteiger partial charge in [0.1, 0.15) is 0 Å². The molecule has 0 spiro atoms. The quantitative estimate of drug-likeness (QED) is 0.638. The zero-order valence-corrected chi connectivity index (χ0v) is 8.02. The maximum absolute atomic E-state index is 11.3. The molecule has 0 saturated carbocycles. The minimum absolute atomic E-state index is 0.166. The SMILES string of the molecule is CCOC(=O)[C@](C)(O)[C@@H]1C=CC(=O)O1. The Balaban J connectivity index is 2.70. The number of esters is 2. The van der Waals surface area contributed by atoms with E-state index in [0.29, 0.717) is 0 Å². The van der Waals surface area contributed by atoms with Crippen LogP contribution in [0, 0.1) is 0 Å². The normalized spacial score (nSPS) is 24.2. The summed E-state index contributed by atoms with van der Waals surface area (Å²) in [5.74, 6) is -1.37. The van der Waals surface area contributed by atoms with Gasteiger partial charge in [0, 0.05) is 6.08 Å². The van der Waals surface area contributed by atoms with Crippen LogP contribution < -0.4 is 0 Å². The molecule has 1 heterocycles. The number of hydrogen-bond donors (Lipinski definition) is 1. The van der Waals surface area contributed by atoms with E-state index in [1.165, 1.54) is 19.1 Å². The highest BCUT2D eigenvalue weighted by atomic mass is 16.6. The Bertz CT molecular complexity index is 279. The van der Waals surface area contributed by atoms with E-state index in [4.69, 9.17) is 4.74 Å². The van der Waals surface area contributed by atoms with Crippen molar-refractivity contribution in [2.75, 3.05) is 6.61 Å². The predicted molar refractivity (Wildman–Crippen MR) is 46.3 cm³/mol. The van der Waals surface area contributed by atoms with Crippen LogP contribution in [0.25, 0.3) is 0 Å². The Labute approximate surface area is 81.3 Å². The number of hydrogen-bond acceptors (Lipinski definition) is 5. The molecule has 5 heteroatoms. The molecule has 1 aliphatic rings. The highest BCUT2D eigenvalue weighted by molar-refractivity contribution is 5.87. The minimum Gasteiger partial charge on any atom is -0.464 e. The lowest BCUT2D eigenvalue weighted by atomic mass is 10.00. The molecule has 78 valence electrons. The van der Waals surface area contributed by atoms with Crippen LogP contribution in [-0.4, -0.2) is 35.4 Å². The summed E-state index contributed by atoms with van der Waals surface area (Å²) in [5, 5.41) is 9.73. The molecule has 5 nitrogen and oxygen atoms in total. The molecule has 0 fully saturated rings. The molecule has 1 N–H and O–H groups in total. The smallest absolute Gasteiger partial charge is 0.342 e. The van der Waals surface area contributed by atoms with Crippen LogP contribution >= 0.6 is 0 Å². The van der Waals surface area contributed by atoms with Crippen molar-refractivity contribution in [1.29, 1.82) is 0 Å². The second-order valence-electron chi connectivity index (χ2n) is 3.08. The van der Waals surface area contributed by atoms with E-state index < -0.39 is 23.6 Å². The van der Waals surface area contributed by atoms with Crippen LogP contribution in [0.5, 0.6) is 0 Å². The molecule has 1 aliphatic heterocycles. The lowest BCUT2D eigenvalue weighted by Gasteiger charge is -2.25. The predicted octanol–water partition coefficient (Wildman–Crippen LogP) is -0.218. The molecular formula is C9H12O5. The van der Waals surface area contributed by atoms with Crippen molar-refractivity contribution in [2.45, 2.75) is 25.6 Å². The number of ether oxygens (including phenoxy) is 2. The van der Waals surface area contributed by atoms with Crippen molar-refractivity contribution in [3.8, 4) is 0 Å². The van der Waals surface area contributed by atoms with Gasteiger partial charge in [0.25, 0.3) is 0 Å². The number of rotatable bonds is 3. The average molecular weight is 200 g/mol. The first kappa shape index (κ1) is 10.7. The lowest BCUT2D eigenvalue weighted by Crippen LogP contribution is -2.47. The Morgan fingerprint density at radius 3 is 2.86 bits per heavy atom. The third-order valence-corrected chi connectivity index (χ3v) is 1.89. The van der Waals surface area contributed by atoms with Gasteiger partial charge in [-0.2, -0.15) is 0 Å². The van der Waals surface area contributed by atoms with Gasteiger partial charge in [0.15, 0.2) is 11.7 Å². The topological polar surface area (TPSA) is 72.8 Å². The van der Waals surface area contributed by atoms with E-state index in [-0.39, 0.29) is 6.61 Å². The van der Waals surface area contributed by atoms with Crippen LogP contribution in [0.3, 0.4) is 0 Å². The third-order valence-electron chi connectivity index (χ3n) is 1.89. The molecule has 0 saturated heterocycles. The summed E-state index contributed by atoms with van der Waals surface area (Å²) < 4.78 is 9.33. The van der Waals surface area contributed by atoms with E-state index in [9.17, 15) is 14.7 Å². The Kier molecular flexibility index (Phi) is 2.90. The maximum Gasteiger partial charge on any atom is 0.342 e. The van der Waals surface area contributed by atoms with E-state index in [1.54, 1.807) is 6.92 Å². The first-order valence-electron chi connectivity index (χ1n) is 4.27. The number of cyclic esters (lactones) is 1. The lowest BCUT2D eigenvalue weighted by molar-refractivity contribution is -0.176. The van der Waals surface area contributed by atoms with Crippen LogP contribution in [0.4, 0.5) is 0 Å². The summed E-state index contributed by atoms with van der Waals surface area (Å²) in [6.45, 7) is 3.04. The highest BCUT2D eigenvalue weighted by Crippen LogP contribution is 2.20. The molecule has 0 aromatic heterocycles. The monoisotopic (exact) mass is 200 g/mol. The standard InChI is InChI=1S/C9H12O5/c1-3-13-8(11)9(2,12)6-4-5-7(10)14-6/h4-6,12H,3H2,1-2H3/t6-,9+/m0/s1. The zero-order chi connectivity index (χ0) is 10.8. The van der Waals surface area contributed by atoms with E-state index in [2.05, 4.69) is 4.74 Å². The first-order valence-corrected chi connectivity index (χ1v) is 4.27. The van der Waals surface area contributed by atoms with Gasteiger partial charge in [-0.1, -0.05) is 0 Å². The van der Waals surface area contributed by atoms with Gasteiger partial charge < -0.3 is 14.6 Å². The molecule has 0 bridgehead atoms. The van der Waals surface area contributed by atoms with Gasteiger partial charge in [-0.05, 0) is 19.9 Å². The summed E-state index contributed by atoms with van der Waals surface area (Å²) in [5.41, 5.74) is -1.82. The Hall–Kier alpha value is -1.36. The van der Waals surface area contributed by atoms with E-state index >= 15 is 0 Å². The zero-order valence-electron chi connectivity index (χ0n) is 8.02. The van der Waals surface area contributed by atoms with Crippen molar-refractivity contribution in [2.24, 2.45) is 0 Å². The fourth-order valence-corrected chi connectivity index (χ4v) is 1.07. The molecule has 0 amide bonds. The largest absolute Gasteiger partial charge is 0.464 e. The van der Waals surface area contributed by atoms with Gasteiger partial charge >= 0.3 is 11.9 Å². The van der Waals surface area contributed by atoms with Crippen molar-refractivity contribution in [1.82, 2.24) is 0 Å². The molecule has 0 aliphatic carbocycles. The first-order chi connectivity index (χ1) is 6.48. The number of aliphatic hydroxyl groups is 1. The van der Waals surface area contributed by atoms with Crippen molar-refractivity contribution < 1.29 is 24.2 Å². The summed E-state index contributed by atoms with van der Waals surface area (Å²) in [7, 11) is 0. The molecule has 14 heavy (non-hydrogen) atoms. The van der Waals surface area contributed by atoms with Gasteiger partial charge in [-0.3, -0.25) is 0 Å². The van der Waals surface area contributed by atoms with Crippen LogP contribution in [0.2, 0.25) is 0 Å². The van der Waals surface area contributed by atoms with Crippen LogP contribution in [0.1, 0.15) is 13.8 Å². The molecule has 0 aromatic carbocycles. The average Bonchev–Trinajstić information content (AvgIpc) is 2.52. The number of carbonyl (C=O) groups excluding carboxylic acids is 2. The Morgan fingerprint density at radius 1 is 1.79 bits per heavy atom. The van der Waals surface area contributed by atoms with Gasteiger partial charge in [-0.25, -0.2) is 9.59 Å². The van der Waals surface area contributed by atoms with Crippen LogP contribution in [-0.2, 0) is 19.1 Å². The molecule has 1 rings (SSSR count). The fraction of sp³-hybridized carbons (Fsp3) is 0.556. The molecule has 0 radical (unpaired) electrons. The summed E-state index contributed by atoms with van der Waals surface area (Å²) in [4.78, 5) is 22.0. The van der Waals surface area contributed by atoms with Gasteiger partial charge in [0.05, 0.1) is 6.61 Å². The fourth-order valence-electron chi connectivity index (χ4n) is 1.07. The molecule has 0 unspecified atom stereocenters. The van der Waals surface area contributed by atoms with Crippen LogP contribution in [0.15, 0.2) is 12.2 Å². The Morgan fingerprint density at radius 2 is 2.43 bits per heavy atom. The van der Waals surface area contributed by atoms with E-state index in [0.717, 1.165) is 0 Å². The summed E-state index contributed by atoms with van der Waals surface area (Å²) in [6, 6.07) is 0. The second-order valence-corrected chi connectivity index (χ2v) is 3.08. The highest BCUT2D eigenvalue weighted by Gasteiger charge is 2.43. The van der Waals surface area contributed by atoms with Gasteiger partial charge in [-0.15, -0.1) is 0 Å².